The lowest BCUT2D eigenvalue weighted by Crippen LogP contribution is -2.10. The molecule has 0 saturated carbocycles. The molecule has 0 aliphatic heterocycles. The van der Waals surface area contributed by atoms with E-state index in [1.165, 1.54) is 10.9 Å². The quantitative estimate of drug-likeness (QED) is 0.393. The van der Waals surface area contributed by atoms with Crippen LogP contribution in [0.2, 0.25) is 0 Å². The molecule has 3 aromatic rings. The molecule has 0 aliphatic carbocycles. The van der Waals surface area contributed by atoms with Gasteiger partial charge in [0.15, 0.2) is 5.16 Å². The lowest BCUT2D eigenvalue weighted by atomic mass is 10.1. The van der Waals surface area contributed by atoms with E-state index in [0.29, 0.717) is 11.0 Å². The fourth-order valence-corrected chi connectivity index (χ4v) is 4.21. The Hall–Kier alpha value is -1.77. The fraction of sp³-hybridized carbons (Fsp3) is 0.389. The zero-order valence-electron chi connectivity index (χ0n) is 15.7. The van der Waals surface area contributed by atoms with Gasteiger partial charge in [-0.2, -0.15) is 0 Å². The molecule has 0 radical (unpaired) electrons. The molecule has 0 aliphatic rings. The fourth-order valence-electron chi connectivity index (χ4n) is 2.86. The Morgan fingerprint density at radius 1 is 1.27 bits per heavy atom. The topological polar surface area (TPSA) is 72.9 Å². The number of hydrogen-bond acceptors (Lipinski definition) is 7. The number of nitrogens with two attached hydrogens (primary N) is 1. The lowest BCUT2D eigenvalue weighted by molar-refractivity contribution is 0.404. The molecule has 3 rings (SSSR count). The second-order valence-corrected chi connectivity index (χ2v) is 8.64. The van der Waals surface area contributed by atoms with Gasteiger partial charge in [-0.05, 0) is 38.9 Å². The van der Waals surface area contributed by atoms with E-state index in [1.54, 1.807) is 29.6 Å². The molecule has 0 aromatic carbocycles. The second kappa shape index (κ2) is 7.85. The van der Waals surface area contributed by atoms with Crippen molar-refractivity contribution in [1.29, 1.82) is 0 Å². The first-order chi connectivity index (χ1) is 12.4. The van der Waals surface area contributed by atoms with Gasteiger partial charge >= 0.3 is 0 Å². The minimum Gasteiger partial charge on any atom is -0.384 e. The highest BCUT2D eigenvalue weighted by Gasteiger charge is 2.15. The van der Waals surface area contributed by atoms with Crippen molar-refractivity contribution in [3.63, 3.8) is 0 Å². The van der Waals surface area contributed by atoms with E-state index >= 15 is 0 Å². The van der Waals surface area contributed by atoms with Gasteiger partial charge < -0.3 is 15.2 Å². The number of nitrogen functional groups attached to an aromatic ring is 1. The molecular weight excluding hydrogens is 364 g/mol. The minimum absolute atomic E-state index is 0.128. The molecular formula is C18H24N6S2. The predicted octanol–water partition coefficient (Wildman–Crippen LogP) is 3.58. The van der Waals surface area contributed by atoms with Crippen LogP contribution in [0.3, 0.4) is 0 Å². The van der Waals surface area contributed by atoms with Gasteiger partial charge in [0.25, 0.3) is 0 Å². The number of anilines is 1. The zero-order valence-corrected chi connectivity index (χ0v) is 17.4. The summed E-state index contributed by atoms with van der Waals surface area (Å²) in [6.45, 7) is 3.02. The van der Waals surface area contributed by atoms with Crippen molar-refractivity contribution in [1.82, 2.24) is 24.4 Å². The number of aryl methyl sites for hydroxylation is 1. The molecule has 1 unspecified atom stereocenters. The molecule has 0 bridgehead atoms. The smallest absolute Gasteiger partial charge is 0.191 e. The number of hydrogen-bond donors (Lipinski definition) is 1. The van der Waals surface area contributed by atoms with Gasteiger partial charge in [-0.1, -0.05) is 11.8 Å². The van der Waals surface area contributed by atoms with Crippen LogP contribution < -0.4 is 5.73 Å². The molecule has 6 nitrogen and oxygen atoms in total. The second-order valence-electron chi connectivity index (χ2n) is 6.51. The highest BCUT2D eigenvalue weighted by Crippen LogP contribution is 2.34. The Kier molecular flexibility index (Phi) is 5.74. The number of aromatic nitrogens is 4. The van der Waals surface area contributed by atoms with Gasteiger partial charge in [-0.15, -0.1) is 11.8 Å². The van der Waals surface area contributed by atoms with E-state index in [2.05, 4.69) is 64.7 Å². The Morgan fingerprint density at radius 3 is 2.73 bits per heavy atom. The van der Waals surface area contributed by atoms with Crippen LogP contribution in [-0.2, 0) is 13.6 Å². The molecule has 0 spiro atoms. The van der Waals surface area contributed by atoms with Crippen molar-refractivity contribution in [3.05, 3.63) is 35.8 Å². The van der Waals surface area contributed by atoms with E-state index in [0.717, 1.165) is 22.8 Å². The predicted molar refractivity (Wildman–Crippen MR) is 111 cm³/mol. The van der Waals surface area contributed by atoms with Crippen molar-refractivity contribution in [2.45, 2.75) is 28.9 Å². The van der Waals surface area contributed by atoms with Crippen LogP contribution >= 0.6 is 23.5 Å². The third-order valence-electron chi connectivity index (χ3n) is 4.08. The molecule has 2 N–H and O–H groups in total. The van der Waals surface area contributed by atoms with Crippen molar-refractivity contribution >= 4 is 40.2 Å². The van der Waals surface area contributed by atoms with Crippen molar-refractivity contribution in [2.75, 3.05) is 26.1 Å². The Morgan fingerprint density at radius 2 is 2.04 bits per heavy atom. The van der Waals surface area contributed by atoms with Gasteiger partial charge in [0.2, 0.25) is 0 Å². The third kappa shape index (κ3) is 4.13. The van der Waals surface area contributed by atoms with Gasteiger partial charge in [-0.25, -0.2) is 9.97 Å². The first kappa shape index (κ1) is 19.0. The van der Waals surface area contributed by atoms with Crippen molar-refractivity contribution in [2.24, 2.45) is 7.05 Å². The van der Waals surface area contributed by atoms with Gasteiger partial charge in [0.05, 0.1) is 22.7 Å². The summed E-state index contributed by atoms with van der Waals surface area (Å²) < 4.78 is 2.13. The molecule has 0 amide bonds. The summed E-state index contributed by atoms with van der Waals surface area (Å²) in [6.07, 6.45) is 6.12. The highest BCUT2D eigenvalue weighted by molar-refractivity contribution is 7.99. The number of nitrogens with zero attached hydrogens (tertiary/aromatic N) is 5. The van der Waals surface area contributed by atoms with Crippen LogP contribution in [0.5, 0.6) is 0 Å². The largest absolute Gasteiger partial charge is 0.384 e. The van der Waals surface area contributed by atoms with Crippen molar-refractivity contribution in [3.8, 4) is 0 Å². The average Bonchev–Trinajstić information content (AvgIpc) is 2.89. The summed E-state index contributed by atoms with van der Waals surface area (Å²) in [5, 5.41) is 2.94. The van der Waals surface area contributed by atoms with Gasteiger partial charge in [-0.3, -0.25) is 4.98 Å². The van der Waals surface area contributed by atoms with Crippen LogP contribution in [-0.4, -0.2) is 44.8 Å². The highest BCUT2D eigenvalue weighted by atomic mass is 32.2. The Bertz CT molecular complexity index is 921. The van der Waals surface area contributed by atoms with E-state index in [4.69, 9.17) is 5.73 Å². The summed E-state index contributed by atoms with van der Waals surface area (Å²) in [5.74, 6) is 0.499. The maximum Gasteiger partial charge on any atom is 0.191 e. The number of fused-ring (bicyclic) bond motifs is 1. The molecule has 0 fully saturated rings. The standard InChI is InChI=1S/C18H24N6S2/c1-11(26-18-21-16(19)7-17(22-18)25-5)14-6-13-12(9-23(2)3)10-24(4)15(13)8-20-14/h6-8,10-11H,9H2,1-5H3,(H2,19,21,22). The van der Waals surface area contributed by atoms with Gasteiger partial charge in [0.1, 0.15) is 10.8 Å². The Labute approximate surface area is 162 Å². The van der Waals surface area contributed by atoms with E-state index in [-0.39, 0.29) is 5.25 Å². The number of pyridine rings is 1. The molecule has 0 saturated heterocycles. The van der Waals surface area contributed by atoms with Crippen LogP contribution in [0.25, 0.3) is 10.9 Å². The maximum atomic E-state index is 5.89. The molecule has 8 heteroatoms. The van der Waals surface area contributed by atoms with Crippen LogP contribution in [0, 0.1) is 0 Å². The third-order valence-corrected chi connectivity index (χ3v) is 5.69. The van der Waals surface area contributed by atoms with Crippen molar-refractivity contribution < 1.29 is 0 Å². The van der Waals surface area contributed by atoms with Crippen LogP contribution in [0.15, 0.2) is 34.7 Å². The summed E-state index contributed by atoms with van der Waals surface area (Å²) in [4.78, 5) is 15.7. The first-order valence-corrected chi connectivity index (χ1v) is 10.4. The summed E-state index contributed by atoms with van der Waals surface area (Å²) >= 11 is 3.15. The summed E-state index contributed by atoms with van der Waals surface area (Å²) in [5.41, 5.74) is 9.36. The monoisotopic (exact) mass is 388 g/mol. The van der Waals surface area contributed by atoms with E-state index in [1.807, 2.05) is 12.5 Å². The maximum absolute atomic E-state index is 5.89. The number of thioether (sulfide) groups is 2. The number of rotatable bonds is 6. The van der Waals surface area contributed by atoms with Gasteiger partial charge in [0, 0.05) is 31.2 Å². The molecule has 138 valence electrons. The minimum atomic E-state index is 0.128. The normalized spacial score (nSPS) is 12.8. The van der Waals surface area contributed by atoms with Crippen LogP contribution in [0.1, 0.15) is 23.4 Å². The first-order valence-electron chi connectivity index (χ1n) is 8.31. The van der Waals surface area contributed by atoms with E-state index < -0.39 is 0 Å². The average molecular weight is 389 g/mol. The zero-order chi connectivity index (χ0) is 18.8. The van der Waals surface area contributed by atoms with E-state index in [9.17, 15) is 0 Å². The molecule has 3 heterocycles. The Balaban J connectivity index is 1.91. The SMILES string of the molecule is CSc1cc(N)nc(SC(C)c2cc3c(CN(C)C)cn(C)c3cn2)n1. The molecule has 26 heavy (non-hydrogen) atoms. The van der Waals surface area contributed by atoms with Crippen LogP contribution in [0.4, 0.5) is 5.82 Å². The molecule has 1 atom stereocenters. The lowest BCUT2D eigenvalue weighted by Gasteiger charge is -2.12. The summed E-state index contributed by atoms with van der Waals surface area (Å²) in [6, 6.07) is 3.98. The molecule has 3 aromatic heterocycles. The summed E-state index contributed by atoms with van der Waals surface area (Å²) in [7, 11) is 6.23.